The lowest BCUT2D eigenvalue weighted by atomic mass is 10.0. The molecular formula is C15H13IO3S. The van der Waals surface area contributed by atoms with Crippen LogP contribution in [0.1, 0.15) is 10.4 Å². The van der Waals surface area contributed by atoms with Crippen LogP contribution in [0.4, 0.5) is 0 Å². The van der Waals surface area contributed by atoms with Crippen LogP contribution in [0.25, 0.3) is 11.1 Å². The lowest BCUT2D eigenvalue weighted by molar-refractivity contribution is 0.101. The van der Waals surface area contributed by atoms with Crippen molar-refractivity contribution in [3.8, 4) is 11.1 Å². The van der Waals surface area contributed by atoms with Crippen LogP contribution in [0, 0.1) is 0 Å². The van der Waals surface area contributed by atoms with E-state index in [1.165, 1.54) is 0 Å². The minimum absolute atomic E-state index is 0.382. The molecular weight excluding hydrogens is 387 g/mol. The molecule has 0 aliphatic rings. The van der Waals surface area contributed by atoms with Crippen molar-refractivity contribution in [1.82, 2.24) is 0 Å². The molecule has 0 aromatic heterocycles. The van der Waals surface area contributed by atoms with Crippen LogP contribution in [-0.2, 0) is 9.84 Å². The molecule has 0 amide bonds. The average Bonchev–Trinajstić information content (AvgIpc) is 2.46. The van der Waals surface area contributed by atoms with Crippen LogP contribution in [-0.4, -0.2) is 23.7 Å². The predicted octanol–water partition coefficient (Wildman–Crippen LogP) is 3.34. The highest BCUT2D eigenvalue weighted by molar-refractivity contribution is 14.1. The van der Waals surface area contributed by atoms with Gasteiger partial charge in [-0.3, -0.25) is 4.79 Å². The van der Waals surface area contributed by atoms with Crippen molar-refractivity contribution in [2.75, 3.05) is 6.26 Å². The Bertz CT molecular complexity index is 707. The summed E-state index contributed by atoms with van der Waals surface area (Å²) >= 11 is 1.66. The van der Waals surface area contributed by atoms with E-state index in [0.29, 0.717) is 5.56 Å². The van der Waals surface area contributed by atoms with E-state index in [4.69, 9.17) is 0 Å². The number of hydrogen-bond donors (Lipinski definition) is 0. The van der Waals surface area contributed by atoms with Gasteiger partial charge in [-0.15, -0.1) is 0 Å². The Hall–Kier alpha value is -1.21. The summed E-state index contributed by atoms with van der Waals surface area (Å²) in [5.41, 5.74) is 2.46. The van der Waals surface area contributed by atoms with Crippen molar-refractivity contribution in [2.45, 2.75) is 3.26 Å². The van der Waals surface area contributed by atoms with E-state index in [0.717, 1.165) is 17.4 Å². The summed E-state index contributed by atoms with van der Waals surface area (Å²) in [6.45, 7) is 0. The van der Waals surface area contributed by atoms with Crippen molar-refractivity contribution in [1.29, 1.82) is 0 Å². The van der Waals surface area contributed by atoms with Crippen LogP contribution in [0.15, 0.2) is 54.6 Å². The van der Waals surface area contributed by atoms with Gasteiger partial charge in [-0.05, 0) is 11.1 Å². The van der Waals surface area contributed by atoms with Crippen LogP contribution >= 0.6 is 22.6 Å². The van der Waals surface area contributed by atoms with Gasteiger partial charge in [0, 0.05) is 11.8 Å². The molecule has 5 heteroatoms. The second kappa shape index (κ2) is 6.05. The third-order valence-corrected chi connectivity index (χ3v) is 7.16. The van der Waals surface area contributed by atoms with Crippen molar-refractivity contribution in [2.24, 2.45) is 0 Å². The summed E-state index contributed by atoms with van der Waals surface area (Å²) in [6, 6.07) is 16.8. The minimum atomic E-state index is -3.38. The van der Waals surface area contributed by atoms with Crippen LogP contribution in [0.2, 0.25) is 0 Å². The van der Waals surface area contributed by atoms with Gasteiger partial charge in [0.1, 0.15) is 0 Å². The van der Waals surface area contributed by atoms with E-state index in [9.17, 15) is 13.2 Å². The highest BCUT2D eigenvalue weighted by Gasteiger charge is 2.26. The lowest BCUT2D eigenvalue weighted by Crippen LogP contribution is -2.23. The summed E-state index contributed by atoms with van der Waals surface area (Å²) < 4.78 is 21.8. The highest BCUT2D eigenvalue weighted by Crippen LogP contribution is 2.21. The molecule has 0 bridgehead atoms. The Morgan fingerprint density at radius 1 is 0.950 bits per heavy atom. The number of rotatable bonds is 4. The van der Waals surface area contributed by atoms with Gasteiger partial charge in [0.25, 0.3) is 0 Å². The zero-order valence-corrected chi connectivity index (χ0v) is 13.8. The molecule has 0 fully saturated rings. The van der Waals surface area contributed by atoms with Gasteiger partial charge in [0.15, 0.2) is 18.9 Å². The first-order chi connectivity index (χ1) is 9.39. The average molecular weight is 400 g/mol. The largest absolute Gasteiger partial charge is 0.292 e. The second-order valence-corrected chi connectivity index (χ2v) is 8.67. The molecule has 0 radical (unpaired) electrons. The number of ketones is 1. The highest BCUT2D eigenvalue weighted by atomic mass is 127. The van der Waals surface area contributed by atoms with E-state index >= 15 is 0 Å². The number of hydrogen-bond acceptors (Lipinski definition) is 3. The second-order valence-electron chi connectivity index (χ2n) is 4.45. The molecule has 0 N–H and O–H groups in total. The molecule has 104 valence electrons. The molecule has 0 saturated carbocycles. The maximum Gasteiger partial charge on any atom is 0.190 e. The van der Waals surface area contributed by atoms with Gasteiger partial charge in [0.05, 0.1) is 0 Å². The van der Waals surface area contributed by atoms with Crippen LogP contribution in [0.3, 0.4) is 0 Å². The van der Waals surface area contributed by atoms with E-state index in [2.05, 4.69) is 0 Å². The molecule has 2 aromatic carbocycles. The zero-order valence-electron chi connectivity index (χ0n) is 10.8. The Morgan fingerprint density at radius 3 is 1.95 bits per heavy atom. The molecule has 0 aliphatic heterocycles. The fourth-order valence-corrected chi connectivity index (χ4v) is 2.67. The molecule has 2 aromatic rings. The first-order valence-corrected chi connectivity index (χ1v) is 9.12. The normalized spacial score (nSPS) is 12.9. The monoisotopic (exact) mass is 400 g/mol. The van der Waals surface area contributed by atoms with E-state index in [1.807, 2.05) is 42.5 Å². The molecule has 0 heterocycles. The molecule has 20 heavy (non-hydrogen) atoms. The molecule has 2 rings (SSSR count). The molecule has 0 saturated heterocycles. The number of Topliss-reactive ketones (excluding diaryl/α,β-unsaturated/α-hetero) is 1. The molecule has 0 spiro atoms. The summed E-state index contributed by atoms with van der Waals surface area (Å²) in [7, 11) is -3.38. The number of benzene rings is 2. The fraction of sp³-hybridized carbons (Fsp3) is 0.133. The quantitative estimate of drug-likeness (QED) is 0.450. The predicted molar refractivity (Wildman–Crippen MR) is 88.9 cm³/mol. The lowest BCUT2D eigenvalue weighted by Gasteiger charge is -2.08. The maximum atomic E-state index is 12.1. The Morgan fingerprint density at radius 2 is 1.45 bits per heavy atom. The van der Waals surface area contributed by atoms with Crippen molar-refractivity contribution in [3.05, 3.63) is 60.2 Å². The SMILES string of the molecule is CS(=O)(=O)C(I)C(=O)c1ccc(-c2ccccc2)cc1. The Labute approximate surface area is 132 Å². The van der Waals surface area contributed by atoms with Gasteiger partial charge in [-0.25, -0.2) is 8.42 Å². The first-order valence-electron chi connectivity index (χ1n) is 5.92. The summed E-state index contributed by atoms with van der Waals surface area (Å²) in [5, 5.41) is 0. The minimum Gasteiger partial charge on any atom is -0.292 e. The molecule has 3 nitrogen and oxygen atoms in total. The zero-order chi connectivity index (χ0) is 14.8. The Balaban J connectivity index is 2.27. The summed E-state index contributed by atoms with van der Waals surface area (Å²) in [5.74, 6) is -0.382. The van der Waals surface area contributed by atoms with Crippen LogP contribution in [0.5, 0.6) is 0 Å². The van der Waals surface area contributed by atoms with Crippen molar-refractivity contribution in [3.63, 3.8) is 0 Å². The van der Waals surface area contributed by atoms with Gasteiger partial charge in [0.2, 0.25) is 0 Å². The molecule has 0 aliphatic carbocycles. The Kier molecular flexibility index (Phi) is 4.59. The summed E-state index contributed by atoms with van der Waals surface area (Å²) in [6.07, 6.45) is 1.07. The maximum absolute atomic E-state index is 12.1. The number of carbonyl (C=O) groups excluding carboxylic acids is 1. The molecule has 1 unspecified atom stereocenters. The van der Waals surface area contributed by atoms with E-state index in [-0.39, 0.29) is 5.78 Å². The number of halogens is 1. The third-order valence-electron chi connectivity index (χ3n) is 2.86. The smallest absolute Gasteiger partial charge is 0.190 e. The van der Waals surface area contributed by atoms with E-state index < -0.39 is 13.1 Å². The van der Waals surface area contributed by atoms with Gasteiger partial charge in [-0.2, -0.15) is 0 Å². The van der Waals surface area contributed by atoms with Crippen molar-refractivity contribution < 1.29 is 13.2 Å². The summed E-state index contributed by atoms with van der Waals surface area (Å²) in [4.78, 5) is 12.1. The topological polar surface area (TPSA) is 51.2 Å². The van der Waals surface area contributed by atoms with Crippen LogP contribution < -0.4 is 0 Å². The third kappa shape index (κ3) is 3.46. The first kappa shape index (κ1) is 15.2. The van der Waals surface area contributed by atoms with E-state index in [1.54, 1.807) is 34.7 Å². The van der Waals surface area contributed by atoms with Gasteiger partial charge < -0.3 is 0 Å². The van der Waals surface area contributed by atoms with Crippen molar-refractivity contribution >= 4 is 38.2 Å². The number of sulfone groups is 1. The van der Waals surface area contributed by atoms with Gasteiger partial charge in [-0.1, -0.05) is 77.2 Å². The standard InChI is InChI=1S/C15H13IO3S/c1-20(18,19)15(16)14(17)13-9-7-12(8-10-13)11-5-3-2-4-6-11/h2-10,15H,1H3. The number of alkyl halides is 1. The molecule has 1 atom stereocenters. The number of carbonyl (C=O) groups is 1. The van der Waals surface area contributed by atoms with Gasteiger partial charge >= 0.3 is 0 Å². The fourth-order valence-electron chi connectivity index (χ4n) is 1.78.